The van der Waals surface area contributed by atoms with Crippen LogP contribution >= 0.6 is 0 Å². The third-order valence-electron chi connectivity index (χ3n) is 11.9. The first-order valence-electron chi connectivity index (χ1n) is 19.0. The molecule has 2 aliphatic heterocycles. The van der Waals surface area contributed by atoms with E-state index >= 15 is 0 Å². The minimum absolute atomic E-state index is 0.0664. The van der Waals surface area contributed by atoms with Gasteiger partial charge in [0.25, 0.3) is 0 Å². The molecule has 2 heterocycles. The van der Waals surface area contributed by atoms with Crippen LogP contribution in [0.3, 0.4) is 0 Å². The van der Waals surface area contributed by atoms with E-state index in [1.54, 1.807) is 6.92 Å². The van der Waals surface area contributed by atoms with Gasteiger partial charge in [0.05, 0.1) is 12.6 Å². The maximum absolute atomic E-state index is 14.4. The van der Waals surface area contributed by atoms with Gasteiger partial charge in [-0.3, -0.25) is 19.3 Å². The molecular formula is C43H52N2O5. The number of ketones is 1. The number of carbonyl (C=O) groups is 3. The smallest absolute Gasteiger partial charge is 0.308 e. The van der Waals surface area contributed by atoms with Crippen LogP contribution in [0.2, 0.25) is 0 Å². The zero-order chi connectivity index (χ0) is 34.7. The van der Waals surface area contributed by atoms with Gasteiger partial charge in [0, 0.05) is 36.9 Å². The summed E-state index contributed by atoms with van der Waals surface area (Å²) in [5, 5.41) is 0. The Labute approximate surface area is 297 Å². The van der Waals surface area contributed by atoms with Crippen molar-refractivity contribution in [2.75, 3.05) is 19.6 Å². The Hall–Kier alpha value is -3.97. The van der Waals surface area contributed by atoms with E-state index in [4.69, 9.17) is 9.47 Å². The molecule has 50 heavy (non-hydrogen) atoms. The summed E-state index contributed by atoms with van der Waals surface area (Å²) in [6.07, 6.45) is 10.8. The van der Waals surface area contributed by atoms with Crippen LogP contribution < -0.4 is 9.47 Å². The van der Waals surface area contributed by atoms with E-state index in [1.807, 2.05) is 6.07 Å². The number of Topliss-reactive ketones (excluding diaryl/α,β-unsaturated/α-hetero) is 1. The van der Waals surface area contributed by atoms with Crippen LogP contribution in [0.4, 0.5) is 0 Å². The molecule has 0 radical (unpaired) electrons. The highest BCUT2D eigenvalue weighted by molar-refractivity contribution is 5.78. The average molecular weight is 677 g/mol. The third-order valence-corrected chi connectivity index (χ3v) is 11.9. The molecule has 2 fully saturated rings. The summed E-state index contributed by atoms with van der Waals surface area (Å²) in [4.78, 5) is 43.6. The van der Waals surface area contributed by atoms with Crippen molar-refractivity contribution in [2.45, 2.75) is 114 Å². The maximum Gasteiger partial charge on any atom is 0.308 e. The quantitative estimate of drug-likeness (QED) is 0.0959. The Balaban J connectivity index is 1.14. The Morgan fingerprint density at radius 2 is 1.56 bits per heavy atom. The Bertz CT molecular complexity index is 1680. The van der Waals surface area contributed by atoms with E-state index in [1.165, 1.54) is 29.2 Å². The molecule has 2 bridgehead atoms. The second-order valence-electron chi connectivity index (χ2n) is 15.1. The molecule has 3 aromatic carbocycles. The lowest BCUT2D eigenvalue weighted by molar-refractivity contribution is -0.143. The van der Waals surface area contributed by atoms with Crippen molar-refractivity contribution in [3.05, 3.63) is 95.1 Å². The van der Waals surface area contributed by atoms with Crippen LogP contribution in [0.5, 0.6) is 11.5 Å². The summed E-state index contributed by atoms with van der Waals surface area (Å²) in [6.45, 7) is 5.11. The second-order valence-corrected chi connectivity index (χ2v) is 15.1. The van der Waals surface area contributed by atoms with Crippen molar-refractivity contribution >= 4 is 17.7 Å². The molecule has 3 aromatic rings. The monoisotopic (exact) mass is 676 g/mol. The number of aryl methyl sites for hydroxylation is 2. The molecule has 7 rings (SSSR count). The Kier molecular flexibility index (Phi) is 10.4. The van der Waals surface area contributed by atoms with E-state index < -0.39 is 0 Å². The first-order valence-corrected chi connectivity index (χ1v) is 19.0. The van der Waals surface area contributed by atoms with E-state index in [9.17, 15) is 14.4 Å². The summed E-state index contributed by atoms with van der Waals surface area (Å²) in [5.74, 6) is 1.56. The predicted octanol–water partition coefficient (Wildman–Crippen LogP) is 7.26. The molecule has 4 aliphatic rings. The predicted molar refractivity (Wildman–Crippen MR) is 194 cm³/mol. The number of nitrogens with zero attached hydrogens (tertiary/aromatic N) is 2. The number of hydrogen-bond donors (Lipinski definition) is 0. The topological polar surface area (TPSA) is 76.2 Å². The number of esters is 1. The molecule has 0 unspecified atom stereocenters. The van der Waals surface area contributed by atoms with Crippen molar-refractivity contribution in [3.63, 3.8) is 0 Å². The fourth-order valence-electron chi connectivity index (χ4n) is 9.93. The summed E-state index contributed by atoms with van der Waals surface area (Å²) >= 11 is 0. The van der Waals surface area contributed by atoms with Crippen molar-refractivity contribution in [3.8, 4) is 11.5 Å². The molecule has 264 valence electrons. The SMILES string of the molecule is CC(=O)CN1CC[C@]23c4c5ccc(OC(C)=O)c4O[C@H]2[C@@H](N(CCCCc2ccccc2)C(=O)CCCCCc2ccccc2)CC[C@H]3[C@H]1C5. The van der Waals surface area contributed by atoms with Crippen LogP contribution in [0, 0.1) is 5.92 Å². The molecular weight excluding hydrogens is 624 g/mol. The number of likely N-dealkylation sites (tertiary alicyclic amines) is 1. The van der Waals surface area contributed by atoms with Crippen molar-refractivity contribution in [1.29, 1.82) is 0 Å². The van der Waals surface area contributed by atoms with Gasteiger partial charge in [-0.05, 0) is 106 Å². The van der Waals surface area contributed by atoms with Crippen molar-refractivity contribution < 1.29 is 23.9 Å². The summed E-state index contributed by atoms with van der Waals surface area (Å²) < 4.78 is 12.8. The van der Waals surface area contributed by atoms with E-state index in [0.29, 0.717) is 36.9 Å². The van der Waals surface area contributed by atoms with Gasteiger partial charge in [-0.2, -0.15) is 0 Å². The number of unbranched alkanes of at least 4 members (excludes halogenated alkanes) is 3. The minimum Gasteiger partial charge on any atom is -0.483 e. The lowest BCUT2D eigenvalue weighted by Crippen LogP contribution is -2.69. The van der Waals surface area contributed by atoms with Crippen LogP contribution in [-0.2, 0) is 39.1 Å². The van der Waals surface area contributed by atoms with Gasteiger partial charge >= 0.3 is 5.97 Å². The molecule has 1 saturated heterocycles. The van der Waals surface area contributed by atoms with E-state index in [-0.39, 0.29) is 41.3 Å². The number of ether oxygens (including phenoxy) is 2. The van der Waals surface area contributed by atoms with E-state index in [0.717, 1.165) is 77.2 Å². The molecule has 1 saturated carbocycles. The van der Waals surface area contributed by atoms with Gasteiger partial charge in [-0.1, -0.05) is 73.2 Å². The standard InChI is InChI=1S/C43H52N2O5/c1-30(46)29-44-27-25-43-35-22-23-36(42(43)50-41-38(49-31(2)47)24-21-34(40(41)43)28-37(35)44)45(26-13-12-19-33-16-8-4-9-17-33)39(48)20-11-5-10-18-32-14-6-3-7-15-32/h3-4,6-9,14-17,21,24,35-37,42H,5,10-13,18-20,22-23,25-29H2,1-2H3/t35-,36-,37+,42-,43-/m0/s1. The van der Waals surface area contributed by atoms with Crippen LogP contribution in [0.1, 0.15) is 93.9 Å². The fraction of sp³-hybridized carbons (Fsp3) is 0.512. The highest BCUT2D eigenvalue weighted by Gasteiger charge is 2.66. The van der Waals surface area contributed by atoms with Gasteiger partial charge in [-0.25, -0.2) is 0 Å². The number of rotatable bonds is 15. The number of carbonyl (C=O) groups excluding carboxylic acids is 3. The Morgan fingerprint density at radius 1 is 0.860 bits per heavy atom. The molecule has 0 N–H and O–H groups in total. The number of hydrogen-bond acceptors (Lipinski definition) is 6. The highest BCUT2D eigenvalue weighted by atomic mass is 16.6. The zero-order valence-electron chi connectivity index (χ0n) is 29.8. The first kappa shape index (κ1) is 34.5. The van der Waals surface area contributed by atoms with Gasteiger partial charge in [0.15, 0.2) is 11.5 Å². The molecule has 7 nitrogen and oxygen atoms in total. The fourth-order valence-corrected chi connectivity index (χ4v) is 9.93. The number of amides is 1. The van der Waals surface area contributed by atoms with Crippen LogP contribution in [0.25, 0.3) is 0 Å². The second kappa shape index (κ2) is 15.1. The van der Waals surface area contributed by atoms with Gasteiger partial charge < -0.3 is 14.4 Å². The number of benzene rings is 3. The summed E-state index contributed by atoms with van der Waals surface area (Å²) in [7, 11) is 0. The van der Waals surface area contributed by atoms with Gasteiger partial charge in [-0.15, -0.1) is 0 Å². The van der Waals surface area contributed by atoms with Crippen LogP contribution in [-0.4, -0.2) is 65.3 Å². The molecule has 1 amide bonds. The van der Waals surface area contributed by atoms with Crippen molar-refractivity contribution in [1.82, 2.24) is 9.80 Å². The molecule has 2 aliphatic carbocycles. The highest BCUT2D eigenvalue weighted by Crippen LogP contribution is 2.64. The van der Waals surface area contributed by atoms with Gasteiger partial charge in [0.1, 0.15) is 11.9 Å². The van der Waals surface area contributed by atoms with Gasteiger partial charge in [0.2, 0.25) is 5.91 Å². The zero-order valence-corrected chi connectivity index (χ0v) is 29.8. The van der Waals surface area contributed by atoms with E-state index in [2.05, 4.69) is 76.5 Å². The molecule has 5 atom stereocenters. The molecule has 7 heteroatoms. The number of piperidine rings is 1. The largest absolute Gasteiger partial charge is 0.483 e. The third kappa shape index (κ3) is 6.86. The lowest BCUT2D eigenvalue weighted by Gasteiger charge is -2.60. The minimum atomic E-state index is -0.363. The maximum atomic E-state index is 14.4. The lowest BCUT2D eigenvalue weighted by atomic mass is 9.51. The van der Waals surface area contributed by atoms with Crippen molar-refractivity contribution in [2.24, 2.45) is 5.92 Å². The molecule has 1 spiro atoms. The summed E-state index contributed by atoms with van der Waals surface area (Å²) in [6, 6.07) is 25.3. The summed E-state index contributed by atoms with van der Waals surface area (Å²) in [5.41, 5.74) is 4.83. The van der Waals surface area contributed by atoms with Crippen LogP contribution in [0.15, 0.2) is 72.8 Å². The first-order chi connectivity index (χ1) is 24.3. The normalized spacial score (nSPS) is 24.6. The Morgan fingerprint density at radius 3 is 2.24 bits per heavy atom. The average Bonchev–Trinajstić information content (AvgIpc) is 3.46. The molecule has 0 aromatic heterocycles.